The molecule has 0 spiro atoms. The summed E-state index contributed by atoms with van der Waals surface area (Å²) >= 11 is 0. The van der Waals surface area contributed by atoms with E-state index in [0.29, 0.717) is 19.3 Å². The van der Waals surface area contributed by atoms with Crippen LogP contribution in [0.2, 0.25) is 0 Å². The normalized spacial score (nSPS) is 12.0. The summed E-state index contributed by atoms with van der Waals surface area (Å²) in [6.07, 6.45) is 73.7. The van der Waals surface area contributed by atoms with Crippen molar-refractivity contribution in [3.63, 3.8) is 0 Å². The maximum Gasteiger partial charge on any atom is 0.306 e. The first-order valence-electron chi connectivity index (χ1n) is 33.2. The zero-order valence-electron chi connectivity index (χ0n) is 49.7. The average Bonchev–Trinajstić information content (AvgIpc) is 3.39. The Morgan fingerprint density at radius 3 is 0.685 bits per heavy atom. The topological polar surface area (TPSA) is 78.9 Å². The van der Waals surface area contributed by atoms with E-state index in [0.717, 1.165) is 64.2 Å². The fourth-order valence-corrected chi connectivity index (χ4v) is 10.3. The zero-order valence-corrected chi connectivity index (χ0v) is 49.7. The van der Waals surface area contributed by atoms with Crippen LogP contribution in [0.5, 0.6) is 0 Å². The third kappa shape index (κ3) is 60.9. The molecule has 0 bridgehead atoms. The maximum absolute atomic E-state index is 12.9. The van der Waals surface area contributed by atoms with Crippen molar-refractivity contribution in [2.24, 2.45) is 0 Å². The van der Waals surface area contributed by atoms with Gasteiger partial charge in [0.1, 0.15) is 13.2 Å². The van der Waals surface area contributed by atoms with Gasteiger partial charge in [-0.1, -0.05) is 328 Å². The van der Waals surface area contributed by atoms with Crippen molar-refractivity contribution in [3.8, 4) is 0 Å². The van der Waals surface area contributed by atoms with Crippen LogP contribution in [0.15, 0.2) is 12.2 Å². The van der Waals surface area contributed by atoms with E-state index in [4.69, 9.17) is 14.2 Å². The lowest BCUT2D eigenvalue weighted by Gasteiger charge is -2.18. The highest BCUT2D eigenvalue weighted by Gasteiger charge is 2.19. The van der Waals surface area contributed by atoms with Crippen LogP contribution in [0.3, 0.4) is 0 Å². The summed E-state index contributed by atoms with van der Waals surface area (Å²) in [6, 6.07) is 0. The summed E-state index contributed by atoms with van der Waals surface area (Å²) in [5.74, 6) is -0.843. The fourth-order valence-electron chi connectivity index (χ4n) is 10.3. The molecule has 0 fully saturated rings. The Morgan fingerprint density at radius 2 is 0.452 bits per heavy atom. The molecule has 0 heterocycles. The summed E-state index contributed by atoms with van der Waals surface area (Å²) in [4.78, 5) is 38.3. The van der Waals surface area contributed by atoms with Crippen molar-refractivity contribution in [2.75, 3.05) is 13.2 Å². The number of carbonyl (C=O) groups is 3. The molecule has 73 heavy (non-hydrogen) atoms. The number of carbonyl (C=O) groups excluding carboxylic acids is 3. The number of rotatable bonds is 62. The van der Waals surface area contributed by atoms with Gasteiger partial charge < -0.3 is 14.2 Å². The largest absolute Gasteiger partial charge is 0.462 e. The molecule has 6 heteroatoms. The quantitative estimate of drug-likeness (QED) is 0.0261. The summed E-state index contributed by atoms with van der Waals surface area (Å²) in [7, 11) is 0. The van der Waals surface area contributed by atoms with Crippen LogP contribution in [0.4, 0.5) is 0 Å². The van der Waals surface area contributed by atoms with E-state index < -0.39 is 6.10 Å². The van der Waals surface area contributed by atoms with E-state index in [1.165, 1.54) is 276 Å². The first kappa shape index (κ1) is 71.2. The van der Waals surface area contributed by atoms with Gasteiger partial charge in [0.05, 0.1) is 0 Å². The van der Waals surface area contributed by atoms with Gasteiger partial charge in [-0.2, -0.15) is 0 Å². The van der Waals surface area contributed by atoms with Gasteiger partial charge in [-0.15, -0.1) is 0 Å². The number of esters is 3. The molecule has 0 radical (unpaired) electrons. The lowest BCUT2D eigenvalue weighted by molar-refractivity contribution is -0.167. The van der Waals surface area contributed by atoms with Crippen molar-refractivity contribution in [2.45, 2.75) is 386 Å². The van der Waals surface area contributed by atoms with Crippen molar-refractivity contribution >= 4 is 17.9 Å². The van der Waals surface area contributed by atoms with Gasteiger partial charge in [-0.25, -0.2) is 0 Å². The van der Waals surface area contributed by atoms with Gasteiger partial charge >= 0.3 is 17.9 Å². The first-order chi connectivity index (χ1) is 36.0. The molecule has 0 N–H and O–H groups in total. The highest BCUT2D eigenvalue weighted by atomic mass is 16.6. The first-order valence-corrected chi connectivity index (χ1v) is 33.2. The second kappa shape index (κ2) is 62.7. The number of ether oxygens (including phenoxy) is 3. The molecule has 6 nitrogen and oxygen atoms in total. The van der Waals surface area contributed by atoms with E-state index >= 15 is 0 Å². The van der Waals surface area contributed by atoms with E-state index in [1.54, 1.807) is 0 Å². The monoisotopic (exact) mass is 1030 g/mol. The minimum atomic E-state index is -0.770. The third-order valence-corrected chi connectivity index (χ3v) is 15.3. The van der Waals surface area contributed by atoms with E-state index in [9.17, 15) is 14.4 Å². The molecule has 0 aliphatic heterocycles. The Bertz CT molecular complexity index is 1130. The van der Waals surface area contributed by atoms with Crippen LogP contribution in [0.25, 0.3) is 0 Å². The van der Waals surface area contributed by atoms with E-state index in [1.807, 2.05) is 0 Å². The lowest BCUT2D eigenvalue weighted by atomic mass is 10.0. The van der Waals surface area contributed by atoms with Gasteiger partial charge in [0.15, 0.2) is 6.10 Å². The molecule has 0 rings (SSSR count). The molecule has 0 aromatic rings. The van der Waals surface area contributed by atoms with Crippen molar-refractivity contribution in [1.29, 1.82) is 0 Å². The lowest BCUT2D eigenvalue weighted by Crippen LogP contribution is -2.30. The number of allylic oxidation sites excluding steroid dienone is 2. The highest BCUT2D eigenvalue weighted by Crippen LogP contribution is 2.18. The summed E-state index contributed by atoms with van der Waals surface area (Å²) in [5, 5.41) is 0. The minimum Gasteiger partial charge on any atom is -0.462 e. The summed E-state index contributed by atoms with van der Waals surface area (Å²) in [6.45, 7) is 6.71. The predicted octanol–water partition coefficient (Wildman–Crippen LogP) is 22.4. The Morgan fingerprint density at radius 1 is 0.260 bits per heavy atom. The molecular weight excluding hydrogens is 901 g/mol. The van der Waals surface area contributed by atoms with Gasteiger partial charge in [0.25, 0.3) is 0 Å². The van der Waals surface area contributed by atoms with Gasteiger partial charge in [0.2, 0.25) is 0 Å². The smallest absolute Gasteiger partial charge is 0.306 e. The molecule has 1 atom stereocenters. The Labute approximate surface area is 456 Å². The number of hydrogen-bond acceptors (Lipinski definition) is 6. The Hall–Kier alpha value is -1.85. The summed E-state index contributed by atoms with van der Waals surface area (Å²) in [5.41, 5.74) is 0. The molecule has 1 unspecified atom stereocenters. The molecule has 0 saturated carbocycles. The second-order valence-electron chi connectivity index (χ2n) is 22.7. The number of hydrogen-bond donors (Lipinski definition) is 0. The average molecular weight is 1030 g/mol. The van der Waals surface area contributed by atoms with Crippen molar-refractivity contribution in [1.82, 2.24) is 0 Å². The summed E-state index contributed by atoms with van der Waals surface area (Å²) < 4.78 is 17.0. The van der Waals surface area contributed by atoms with Crippen LogP contribution in [-0.4, -0.2) is 37.2 Å². The van der Waals surface area contributed by atoms with Crippen LogP contribution in [0.1, 0.15) is 380 Å². The van der Waals surface area contributed by atoms with Gasteiger partial charge in [-0.05, 0) is 44.9 Å². The molecule has 0 aliphatic carbocycles. The van der Waals surface area contributed by atoms with Crippen LogP contribution < -0.4 is 0 Å². The molecule has 0 aromatic carbocycles. The molecule has 0 amide bonds. The molecule has 432 valence electrons. The van der Waals surface area contributed by atoms with Gasteiger partial charge in [-0.3, -0.25) is 14.4 Å². The predicted molar refractivity (Wildman–Crippen MR) is 317 cm³/mol. The van der Waals surface area contributed by atoms with Crippen LogP contribution in [0, 0.1) is 0 Å². The zero-order chi connectivity index (χ0) is 52.9. The van der Waals surface area contributed by atoms with Crippen LogP contribution in [-0.2, 0) is 28.6 Å². The van der Waals surface area contributed by atoms with Crippen molar-refractivity contribution < 1.29 is 28.6 Å². The SMILES string of the molecule is CCCCCCCCC/C=C\CCCCCCCC(=O)OC(COC(=O)CCCCCCCCCCCCCCCCC)COC(=O)CCCCCCCCCCCCCCCCCCCCCCCCCC. The minimum absolute atomic E-state index is 0.0668. The molecule has 0 saturated heterocycles. The standard InChI is InChI=1S/C67H128O6/c1-4-7-10-13-16-19-22-25-28-30-31-32-33-34-35-36-37-40-42-45-48-51-54-57-60-66(69)72-63-64(62-71-65(68)59-56-53-50-47-44-41-38-27-24-21-18-15-12-9-6-3)73-67(70)61-58-55-52-49-46-43-39-29-26-23-20-17-14-11-8-5-2/h29,39,64H,4-28,30-38,40-63H2,1-3H3/b39-29-. The fraction of sp³-hybridized carbons (Fsp3) is 0.925. The molecule has 0 aromatic heterocycles. The van der Waals surface area contributed by atoms with Crippen molar-refractivity contribution in [3.05, 3.63) is 12.2 Å². The Kier molecular flexibility index (Phi) is 61.1. The Balaban J connectivity index is 4.24. The van der Waals surface area contributed by atoms with Gasteiger partial charge in [0, 0.05) is 19.3 Å². The highest BCUT2D eigenvalue weighted by molar-refractivity contribution is 5.71. The van der Waals surface area contributed by atoms with E-state index in [2.05, 4.69) is 32.9 Å². The number of unbranched alkanes of at least 4 members (excludes halogenated alkanes) is 49. The second-order valence-corrected chi connectivity index (χ2v) is 22.7. The third-order valence-electron chi connectivity index (χ3n) is 15.3. The maximum atomic E-state index is 12.9. The van der Waals surface area contributed by atoms with Crippen LogP contribution >= 0.6 is 0 Å². The molecular formula is C67H128O6. The van der Waals surface area contributed by atoms with E-state index in [-0.39, 0.29) is 31.1 Å². The molecule has 0 aliphatic rings.